The number of amides is 1. The summed E-state index contributed by atoms with van der Waals surface area (Å²) in [5.41, 5.74) is 1.04. The first kappa shape index (κ1) is 21.6. The third kappa shape index (κ3) is 3.60. The van der Waals surface area contributed by atoms with Crippen molar-refractivity contribution >= 4 is 17.2 Å². The SMILES string of the molecule is COc1ncccc1C(=O)Nc1cn2cc(C34CCC(C)(C3)OC4)nc2c(F)c1OC(C)C. The van der Waals surface area contributed by atoms with Gasteiger partial charge < -0.3 is 23.9 Å². The zero-order valence-corrected chi connectivity index (χ0v) is 19.1. The summed E-state index contributed by atoms with van der Waals surface area (Å²) in [6.07, 6.45) is 7.46. The van der Waals surface area contributed by atoms with Gasteiger partial charge in [0.15, 0.2) is 11.4 Å². The lowest BCUT2D eigenvalue weighted by Crippen LogP contribution is -2.26. The molecule has 1 aliphatic carbocycles. The maximum absolute atomic E-state index is 15.7. The number of hydrogen-bond acceptors (Lipinski definition) is 6. The fraction of sp³-hybridized carbons (Fsp3) is 0.458. The average molecular weight is 455 g/mol. The van der Waals surface area contributed by atoms with Crippen LogP contribution >= 0.6 is 0 Å². The van der Waals surface area contributed by atoms with Crippen LogP contribution in [0.4, 0.5) is 10.1 Å². The third-order valence-corrected chi connectivity index (χ3v) is 6.54. The predicted molar refractivity (Wildman–Crippen MR) is 120 cm³/mol. The molecule has 2 bridgehead atoms. The van der Waals surface area contributed by atoms with Gasteiger partial charge in [0.05, 0.1) is 31.1 Å². The van der Waals surface area contributed by atoms with Crippen molar-refractivity contribution in [2.45, 2.75) is 57.2 Å². The fourth-order valence-corrected chi connectivity index (χ4v) is 4.93. The summed E-state index contributed by atoms with van der Waals surface area (Å²) in [7, 11) is 1.44. The van der Waals surface area contributed by atoms with E-state index in [9.17, 15) is 4.79 Å². The molecule has 1 aliphatic heterocycles. The summed E-state index contributed by atoms with van der Waals surface area (Å²) in [5.74, 6) is -0.983. The summed E-state index contributed by atoms with van der Waals surface area (Å²) in [5, 5.41) is 2.76. The quantitative estimate of drug-likeness (QED) is 0.603. The van der Waals surface area contributed by atoms with Crippen LogP contribution in [0, 0.1) is 5.82 Å². The maximum Gasteiger partial charge on any atom is 0.261 e. The molecule has 1 saturated heterocycles. The second-order valence-corrected chi connectivity index (χ2v) is 9.42. The Morgan fingerprint density at radius 2 is 2.15 bits per heavy atom. The normalized spacial score (nSPS) is 23.9. The third-order valence-electron chi connectivity index (χ3n) is 6.54. The fourth-order valence-electron chi connectivity index (χ4n) is 4.93. The van der Waals surface area contributed by atoms with E-state index in [2.05, 4.69) is 22.2 Å². The second-order valence-electron chi connectivity index (χ2n) is 9.42. The number of rotatable bonds is 6. The van der Waals surface area contributed by atoms with Gasteiger partial charge in [-0.25, -0.2) is 9.97 Å². The van der Waals surface area contributed by atoms with E-state index in [1.165, 1.54) is 13.3 Å². The molecule has 2 unspecified atom stereocenters. The molecule has 2 fully saturated rings. The number of hydrogen-bond donors (Lipinski definition) is 1. The van der Waals surface area contributed by atoms with Crippen LogP contribution in [0.25, 0.3) is 5.65 Å². The number of methoxy groups -OCH3 is 1. The molecule has 5 rings (SSSR count). The number of aromatic nitrogens is 3. The lowest BCUT2D eigenvalue weighted by Gasteiger charge is -2.24. The van der Waals surface area contributed by atoms with E-state index >= 15 is 4.39 Å². The highest BCUT2D eigenvalue weighted by molar-refractivity contribution is 6.06. The van der Waals surface area contributed by atoms with E-state index < -0.39 is 11.7 Å². The van der Waals surface area contributed by atoms with Crippen molar-refractivity contribution in [1.82, 2.24) is 14.4 Å². The van der Waals surface area contributed by atoms with Crippen LogP contribution in [-0.4, -0.2) is 45.7 Å². The molecule has 3 aromatic heterocycles. The predicted octanol–water partition coefficient (Wildman–Crippen LogP) is 4.13. The van der Waals surface area contributed by atoms with Crippen molar-refractivity contribution in [2.24, 2.45) is 0 Å². The largest absolute Gasteiger partial charge is 0.486 e. The van der Waals surface area contributed by atoms with Gasteiger partial charge in [0, 0.05) is 24.0 Å². The first-order valence-corrected chi connectivity index (χ1v) is 11.1. The van der Waals surface area contributed by atoms with Crippen molar-refractivity contribution in [3.63, 3.8) is 0 Å². The Bertz CT molecular complexity index is 1230. The van der Waals surface area contributed by atoms with Crippen LogP contribution in [0.2, 0.25) is 0 Å². The number of nitrogens with zero attached hydrogens (tertiary/aromatic N) is 3. The highest BCUT2D eigenvalue weighted by Crippen LogP contribution is 2.53. The van der Waals surface area contributed by atoms with Crippen LogP contribution in [0.5, 0.6) is 11.6 Å². The number of imidazole rings is 1. The highest BCUT2D eigenvalue weighted by atomic mass is 19.1. The standard InChI is InChI=1S/C24H27FN4O4/c1-14(2)33-19-16(27-21(30)15-6-5-9-26-22(15)31-4)10-29-11-17(28-20(29)18(19)25)24-8-7-23(3,12-24)32-13-24/h5-6,9-11,14H,7-8,12-13H2,1-4H3,(H,27,30). The summed E-state index contributed by atoms with van der Waals surface area (Å²) >= 11 is 0. The molecule has 174 valence electrons. The molecule has 4 heterocycles. The van der Waals surface area contributed by atoms with Gasteiger partial charge in [0.1, 0.15) is 11.3 Å². The monoisotopic (exact) mass is 454 g/mol. The first-order chi connectivity index (χ1) is 15.7. The van der Waals surface area contributed by atoms with Gasteiger partial charge in [-0.1, -0.05) is 0 Å². The average Bonchev–Trinajstić information content (AvgIpc) is 3.47. The zero-order valence-electron chi connectivity index (χ0n) is 19.1. The van der Waals surface area contributed by atoms with Crippen molar-refractivity contribution in [1.29, 1.82) is 0 Å². The van der Waals surface area contributed by atoms with E-state index in [1.807, 2.05) is 6.20 Å². The van der Waals surface area contributed by atoms with Gasteiger partial charge in [-0.15, -0.1) is 0 Å². The number of fused-ring (bicyclic) bond motifs is 3. The lowest BCUT2D eigenvalue weighted by atomic mass is 9.84. The van der Waals surface area contributed by atoms with Crippen molar-refractivity contribution in [2.75, 3.05) is 19.0 Å². The molecule has 1 amide bonds. The van der Waals surface area contributed by atoms with E-state index in [4.69, 9.17) is 14.2 Å². The summed E-state index contributed by atoms with van der Waals surface area (Å²) in [6.45, 7) is 6.29. The lowest BCUT2D eigenvalue weighted by molar-refractivity contribution is -0.00627. The summed E-state index contributed by atoms with van der Waals surface area (Å²) in [4.78, 5) is 21.7. The Morgan fingerprint density at radius 1 is 1.33 bits per heavy atom. The molecular formula is C24H27FN4O4. The van der Waals surface area contributed by atoms with Crippen molar-refractivity contribution in [3.05, 3.63) is 47.8 Å². The minimum atomic E-state index is -0.623. The van der Waals surface area contributed by atoms with Crippen LogP contribution in [-0.2, 0) is 10.2 Å². The number of ether oxygens (including phenoxy) is 3. The molecule has 0 aromatic carbocycles. The molecule has 3 aromatic rings. The molecule has 8 nitrogen and oxygen atoms in total. The van der Waals surface area contributed by atoms with Crippen LogP contribution in [0.1, 0.15) is 56.1 Å². The van der Waals surface area contributed by atoms with E-state index in [0.717, 1.165) is 25.0 Å². The molecule has 1 saturated carbocycles. The Hall–Kier alpha value is -3.20. The molecular weight excluding hydrogens is 427 g/mol. The number of pyridine rings is 2. The number of carbonyl (C=O) groups excluding carboxylic acids is 1. The zero-order chi connectivity index (χ0) is 23.4. The molecule has 0 radical (unpaired) electrons. The van der Waals surface area contributed by atoms with Crippen molar-refractivity contribution < 1.29 is 23.4 Å². The van der Waals surface area contributed by atoms with Gasteiger partial charge in [0.2, 0.25) is 11.7 Å². The molecule has 2 atom stereocenters. The maximum atomic E-state index is 15.7. The van der Waals surface area contributed by atoms with Crippen LogP contribution < -0.4 is 14.8 Å². The van der Waals surface area contributed by atoms with E-state index in [1.54, 1.807) is 36.6 Å². The number of anilines is 1. The molecule has 1 N–H and O–H groups in total. The topological polar surface area (TPSA) is 87.0 Å². The van der Waals surface area contributed by atoms with E-state index in [-0.39, 0.29) is 45.6 Å². The molecule has 2 aliphatic rings. The number of halogens is 1. The Kier molecular flexibility index (Phi) is 5.04. The van der Waals surface area contributed by atoms with Crippen molar-refractivity contribution in [3.8, 4) is 11.6 Å². The Labute approximate surface area is 191 Å². The van der Waals surface area contributed by atoms with Crippen LogP contribution in [0.15, 0.2) is 30.7 Å². The molecule has 33 heavy (non-hydrogen) atoms. The minimum Gasteiger partial charge on any atom is -0.486 e. The first-order valence-electron chi connectivity index (χ1n) is 11.1. The van der Waals surface area contributed by atoms with Gasteiger partial charge >= 0.3 is 0 Å². The Balaban J connectivity index is 1.57. The number of carbonyl (C=O) groups is 1. The summed E-state index contributed by atoms with van der Waals surface area (Å²) in [6, 6.07) is 3.22. The van der Waals surface area contributed by atoms with Gasteiger partial charge in [-0.2, -0.15) is 4.39 Å². The number of nitrogens with one attached hydrogen (secondary N) is 1. The van der Waals surface area contributed by atoms with E-state index in [0.29, 0.717) is 6.61 Å². The molecule has 9 heteroatoms. The second kappa shape index (κ2) is 7.69. The van der Waals surface area contributed by atoms with Gasteiger partial charge in [-0.3, -0.25) is 4.79 Å². The van der Waals surface area contributed by atoms with Gasteiger partial charge in [-0.05, 0) is 52.2 Å². The van der Waals surface area contributed by atoms with Crippen LogP contribution in [0.3, 0.4) is 0 Å². The Morgan fingerprint density at radius 3 is 2.79 bits per heavy atom. The van der Waals surface area contributed by atoms with Gasteiger partial charge in [0.25, 0.3) is 5.91 Å². The molecule has 0 spiro atoms. The smallest absolute Gasteiger partial charge is 0.261 e. The summed E-state index contributed by atoms with van der Waals surface area (Å²) < 4.78 is 34.2. The highest BCUT2D eigenvalue weighted by Gasteiger charge is 2.55. The minimum absolute atomic E-state index is 0.0534.